The number of nitrogens with one attached hydrogen (secondary N) is 2. The molecule has 6 heteroatoms. The van der Waals surface area contributed by atoms with Crippen molar-refractivity contribution >= 4 is 28.4 Å². The minimum absolute atomic E-state index is 0.485. The van der Waals surface area contributed by atoms with Crippen molar-refractivity contribution in [2.45, 2.75) is 19.6 Å². The highest BCUT2D eigenvalue weighted by Gasteiger charge is 2.10. The molecule has 0 aliphatic rings. The number of aliphatic hydroxyl groups excluding tert-OH is 1. The number of aliphatic hydroxyl groups is 1. The second-order valence-electron chi connectivity index (χ2n) is 7.00. The Labute approximate surface area is 175 Å². The number of methoxy groups -OCH3 is 1. The number of ether oxygens (including phenoxy) is 1. The number of para-hydroxylation sites is 2. The number of hydrogen-bond acceptors (Lipinski definition) is 6. The third-order valence-corrected chi connectivity index (χ3v) is 4.87. The van der Waals surface area contributed by atoms with Gasteiger partial charge in [-0.15, -0.1) is 0 Å². The van der Waals surface area contributed by atoms with E-state index in [9.17, 15) is 5.11 Å². The standard InChI is InChI=1S/C24H24N4O2/c1-16(29)17-9-7-10-19(14-17)26-24-27-21-12-5-4-11-20(21)23(28-24)25-15-18-8-3-6-13-22(18)30-2/h3-14,16,29H,15H2,1-2H3,(H2,25,26,27,28). The SMILES string of the molecule is COc1ccccc1CNc1nc(Nc2cccc(C(C)O)c2)nc2ccccc12. The van der Waals surface area contributed by atoms with Gasteiger partial charge in [0, 0.05) is 23.2 Å². The van der Waals surface area contributed by atoms with Gasteiger partial charge in [-0.2, -0.15) is 4.98 Å². The van der Waals surface area contributed by atoms with Crippen LogP contribution in [0.15, 0.2) is 72.8 Å². The zero-order valence-corrected chi connectivity index (χ0v) is 17.0. The lowest BCUT2D eigenvalue weighted by molar-refractivity contribution is 0.199. The summed E-state index contributed by atoms with van der Waals surface area (Å²) in [5.74, 6) is 2.05. The van der Waals surface area contributed by atoms with E-state index in [4.69, 9.17) is 9.72 Å². The molecular weight excluding hydrogens is 376 g/mol. The van der Waals surface area contributed by atoms with Gasteiger partial charge in [0.2, 0.25) is 5.95 Å². The van der Waals surface area contributed by atoms with Gasteiger partial charge in [-0.05, 0) is 42.8 Å². The molecule has 30 heavy (non-hydrogen) atoms. The molecule has 0 spiro atoms. The van der Waals surface area contributed by atoms with Gasteiger partial charge in [0.25, 0.3) is 0 Å². The normalized spacial score (nSPS) is 11.8. The van der Waals surface area contributed by atoms with Crippen molar-refractivity contribution in [1.29, 1.82) is 0 Å². The van der Waals surface area contributed by atoms with Gasteiger partial charge in [-0.3, -0.25) is 0 Å². The van der Waals surface area contributed by atoms with Crippen LogP contribution in [0.4, 0.5) is 17.5 Å². The smallest absolute Gasteiger partial charge is 0.229 e. The number of aromatic nitrogens is 2. The van der Waals surface area contributed by atoms with Crippen molar-refractivity contribution in [1.82, 2.24) is 9.97 Å². The van der Waals surface area contributed by atoms with Crippen molar-refractivity contribution in [3.8, 4) is 5.75 Å². The van der Waals surface area contributed by atoms with Gasteiger partial charge in [0.15, 0.2) is 0 Å². The van der Waals surface area contributed by atoms with Crippen LogP contribution in [0.2, 0.25) is 0 Å². The van der Waals surface area contributed by atoms with Crippen LogP contribution in [0.1, 0.15) is 24.2 Å². The number of hydrogen-bond donors (Lipinski definition) is 3. The first-order valence-corrected chi connectivity index (χ1v) is 9.81. The van der Waals surface area contributed by atoms with Gasteiger partial charge in [0.05, 0.1) is 18.7 Å². The predicted octanol–water partition coefficient (Wildman–Crippen LogP) is 5.05. The Bertz CT molecular complexity index is 1160. The Morgan fingerprint density at radius 2 is 1.77 bits per heavy atom. The van der Waals surface area contributed by atoms with Crippen molar-refractivity contribution in [2.75, 3.05) is 17.7 Å². The van der Waals surface area contributed by atoms with Crippen LogP contribution in [0.25, 0.3) is 10.9 Å². The van der Waals surface area contributed by atoms with E-state index in [1.807, 2.05) is 72.8 Å². The highest BCUT2D eigenvalue weighted by molar-refractivity contribution is 5.90. The predicted molar refractivity (Wildman–Crippen MR) is 120 cm³/mol. The summed E-state index contributed by atoms with van der Waals surface area (Å²) in [6.45, 7) is 2.31. The first-order chi connectivity index (χ1) is 14.6. The number of rotatable bonds is 7. The van der Waals surface area contributed by atoms with E-state index in [0.717, 1.165) is 39.3 Å². The Balaban J connectivity index is 1.65. The van der Waals surface area contributed by atoms with Crippen LogP contribution in [0, 0.1) is 0 Å². The lowest BCUT2D eigenvalue weighted by Gasteiger charge is -2.14. The summed E-state index contributed by atoms with van der Waals surface area (Å²) in [5, 5.41) is 17.5. The van der Waals surface area contributed by atoms with E-state index in [1.54, 1.807) is 14.0 Å². The zero-order chi connectivity index (χ0) is 20.9. The first kappa shape index (κ1) is 19.7. The highest BCUT2D eigenvalue weighted by atomic mass is 16.5. The van der Waals surface area contributed by atoms with E-state index >= 15 is 0 Å². The fourth-order valence-corrected chi connectivity index (χ4v) is 3.30. The molecule has 1 unspecified atom stereocenters. The highest BCUT2D eigenvalue weighted by Crippen LogP contribution is 2.26. The van der Waals surface area contributed by atoms with E-state index in [0.29, 0.717) is 12.5 Å². The molecule has 4 aromatic rings. The summed E-state index contributed by atoms with van der Waals surface area (Å²) in [4.78, 5) is 9.35. The second kappa shape index (κ2) is 8.80. The maximum absolute atomic E-state index is 9.84. The number of fused-ring (bicyclic) bond motifs is 1. The number of benzene rings is 3. The third kappa shape index (κ3) is 4.34. The molecule has 0 bridgehead atoms. The van der Waals surface area contributed by atoms with Crippen molar-refractivity contribution in [3.63, 3.8) is 0 Å². The van der Waals surface area contributed by atoms with Crippen molar-refractivity contribution < 1.29 is 9.84 Å². The lowest BCUT2D eigenvalue weighted by Crippen LogP contribution is -2.06. The Morgan fingerprint density at radius 3 is 2.60 bits per heavy atom. The molecule has 0 aliphatic carbocycles. The number of anilines is 3. The van der Waals surface area contributed by atoms with Gasteiger partial charge in [-0.1, -0.05) is 42.5 Å². The first-order valence-electron chi connectivity index (χ1n) is 9.81. The molecule has 1 aromatic heterocycles. The summed E-state index contributed by atoms with van der Waals surface area (Å²) in [6, 6.07) is 23.4. The fraction of sp³-hybridized carbons (Fsp3) is 0.167. The Kier molecular flexibility index (Phi) is 5.77. The summed E-state index contributed by atoms with van der Waals surface area (Å²) >= 11 is 0. The molecule has 6 nitrogen and oxygen atoms in total. The van der Waals surface area contributed by atoms with E-state index in [-0.39, 0.29) is 0 Å². The van der Waals surface area contributed by atoms with Crippen LogP contribution in [-0.4, -0.2) is 22.2 Å². The topological polar surface area (TPSA) is 79.3 Å². The maximum atomic E-state index is 9.84. The monoisotopic (exact) mass is 400 g/mol. The molecule has 3 aromatic carbocycles. The molecule has 0 saturated carbocycles. The van der Waals surface area contributed by atoms with Crippen molar-refractivity contribution in [2.24, 2.45) is 0 Å². The Hall–Kier alpha value is -3.64. The summed E-state index contributed by atoms with van der Waals surface area (Å²) < 4.78 is 5.45. The molecule has 1 heterocycles. The van der Waals surface area contributed by atoms with E-state index < -0.39 is 6.10 Å². The molecule has 1 atom stereocenters. The molecule has 0 amide bonds. The van der Waals surface area contributed by atoms with Crippen LogP contribution >= 0.6 is 0 Å². The largest absolute Gasteiger partial charge is 0.496 e. The fourth-order valence-electron chi connectivity index (χ4n) is 3.30. The van der Waals surface area contributed by atoms with Gasteiger partial charge in [-0.25, -0.2) is 4.98 Å². The zero-order valence-electron chi connectivity index (χ0n) is 17.0. The lowest BCUT2D eigenvalue weighted by atomic mass is 10.1. The third-order valence-electron chi connectivity index (χ3n) is 4.87. The quantitative estimate of drug-likeness (QED) is 0.403. The summed E-state index contributed by atoms with van der Waals surface area (Å²) in [6.07, 6.45) is -0.539. The van der Waals surface area contributed by atoms with Gasteiger partial charge >= 0.3 is 0 Å². The molecular formula is C24H24N4O2. The molecule has 3 N–H and O–H groups in total. The minimum atomic E-state index is -0.539. The molecule has 0 saturated heterocycles. The summed E-state index contributed by atoms with van der Waals surface area (Å²) in [5.41, 5.74) is 3.53. The molecule has 0 radical (unpaired) electrons. The summed E-state index contributed by atoms with van der Waals surface area (Å²) in [7, 11) is 1.67. The molecule has 0 fully saturated rings. The molecule has 0 aliphatic heterocycles. The maximum Gasteiger partial charge on any atom is 0.229 e. The van der Waals surface area contributed by atoms with Gasteiger partial charge in [0.1, 0.15) is 11.6 Å². The average Bonchev–Trinajstić information content (AvgIpc) is 2.77. The van der Waals surface area contributed by atoms with Gasteiger partial charge < -0.3 is 20.5 Å². The molecule has 4 rings (SSSR count). The van der Waals surface area contributed by atoms with Crippen LogP contribution in [-0.2, 0) is 6.54 Å². The number of nitrogens with zero attached hydrogens (tertiary/aromatic N) is 2. The average molecular weight is 400 g/mol. The van der Waals surface area contributed by atoms with E-state index in [2.05, 4.69) is 15.6 Å². The van der Waals surface area contributed by atoms with Crippen molar-refractivity contribution in [3.05, 3.63) is 83.9 Å². The van der Waals surface area contributed by atoms with Crippen LogP contribution < -0.4 is 15.4 Å². The van der Waals surface area contributed by atoms with E-state index in [1.165, 1.54) is 0 Å². The minimum Gasteiger partial charge on any atom is -0.496 e. The van der Waals surface area contributed by atoms with Crippen LogP contribution in [0.5, 0.6) is 5.75 Å². The Morgan fingerprint density at radius 1 is 0.967 bits per heavy atom. The molecule has 152 valence electrons. The van der Waals surface area contributed by atoms with Crippen LogP contribution in [0.3, 0.4) is 0 Å². The second-order valence-corrected chi connectivity index (χ2v) is 7.00.